The number of hydrogen-bond acceptors (Lipinski definition) is 3. The van der Waals surface area contributed by atoms with E-state index in [-0.39, 0.29) is 11.5 Å². The second-order valence-electron chi connectivity index (χ2n) is 5.46. The summed E-state index contributed by atoms with van der Waals surface area (Å²) in [5, 5.41) is 0. The Labute approximate surface area is 134 Å². The van der Waals surface area contributed by atoms with Crippen LogP contribution in [-0.2, 0) is 15.1 Å². The largest absolute Gasteiger partial charge is 0.466 e. The maximum absolute atomic E-state index is 12.0. The smallest absolute Gasteiger partial charge is 0.307 e. The van der Waals surface area contributed by atoms with E-state index in [1.165, 1.54) is 22.0 Å². The van der Waals surface area contributed by atoms with E-state index in [2.05, 4.69) is 58.7 Å². The lowest BCUT2D eigenvalue weighted by Crippen LogP contribution is -2.44. The van der Waals surface area contributed by atoms with Crippen LogP contribution >= 0.6 is 22.6 Å². The average molecular weight is 387 g/mol. The molecular weight excluding hydrogens is 365 g/mol. The molecule has 0 radical (unpaired) electrons. The van der Waals surface area contributed by atoms with Crippen molar-refractivity contribution in [1.82, 2.24) is 4.90 Å². The topological polar surface area (TPSA) is 29.5 Å². The molecule has 1 atom stereocenters. The zero-order chi connectivity index (χ0) is 14.6. The zero-order valence-electron chi connectivity index (χ0n) is 12.2. The SMILES string of the molecule is CCOC(=O)CC(C)(c1ccc(I)cc1)N1CCCC1. The van der Waals surface area contributed by atoms with Crippen LogP contribution < -0.4 is 0 Å². The molecular formula is C16H22INO2. The molecule has 1 aromatic carbocycles. The predicted molar refractivity (Wildman–Crippen MR) is 88.6 cm³/mol. The summed E-state index contributed by atoms with van der Waals surface area (Å²) >= 11 is 2.31. The molecule has 1 aliphatic heterocycles. The molecule has 3 nitrogen and oxygen atoms in total. The number of carbonyl (C=O) groups excluding carboxylic acids is 1. The summed E-state index contributed by atoms with van der Waals surface area (Å²) in [6, 6.07) is 8.49. The number of likely N-dealkylation sites (tertiary alicyclic amines) is 1. The van der Waals surface area contributed by atoms with Crippen molar-refractivity contribution in [2.24, 2.45) is 0 Å². The molecule has 110 valence electrons. The van der Waals surface area contributed by atoms with Crippen molar-refractivity contribution < 1.29 is 9.53 Å². The highest BCUT2D eigenvalue weighted by atomic mass is 127. The molecule has 0 aliphatic carbocycles. The van der Waals surface area contributed by atoms with E-state index in [4.69, 9.17) is 4.74 Å². The zero-order valence-corrected chi connectivity index (χ0v) is 14.4. The summed E-state index contributed by atoms with van der Waals surface area (Å²) in [5.41, 5.74) is 0.945. The number of carbonyl (C=O) groups is 1. The Morgan fingerprint density at radius 3 is 2.45 bits per heavy atom. The first-order valence-corrected chi connectivity index (χ1v) is 8.31. The van der Waals surface area contributed by atoms with Gasteiger partial charge in [-0.2, -0.15) is 0 Å². The fourth-order valence-electron chi connectivity index (χ4n) is 2.91. The fraction of sp³-hybridized carbons (Fsp3) is 0.562. The molecule has 1 fully saturated rings. The van der Waals surface area contributed by atoms with E-state index in [0.717, 1.165) is 13.1 Å². The van der Waals surface area contributed by atoms with Gasteiger partial charge < -0.3 is 4.74 Å². The Balaban J connectivity index is 2.27. The summed E-state index contributed by atoms with van der Waals surface area (Å²) in [4.78, 5) is 14.4. The summed E-state index contributed by atoms with van der Waals surface area (Å²) < 4.78 is 6.39. The van der Waals surface area contributed by atoms with Crippen molar-refractivity contribution in [2.45, 2.75) is 38.6 Å². The number of halogens is 1. The molecule has 1 unspecified atom stereocenters. The van der Waals surface area contributed by atoms with Crippen molar-refractivity contribution in [3.05, 3.63) is 33.4 Å². The number of benzene rings is 1. The third-order valence-electron chi connectivity index (χ3n) is 4.06. The Hall–Kier alpha value is -0.620. The molecule has 0 aromatic heterocycles. The van der Waals surface area contributed by atoms with Crippen LogP contribution in [0.5, 0.6) is 0 Å². The average Bonchev–Trinajstić information content (AvgIpc) is 2.94. The molecule has 1 aromatic rings. The van der Waals surface area contributed by atoms with E-state index < -0.39 is 0 Å². The number of esters is 1. The molecule has 0 saturated carbocycles. The fourth-order valence-corrected chi connectivity index (χ4v) is 3.27. The van der Waals surface area contributed by atoms with Gasteiger partial charge in [-0.05, 0) is 80.1 Å². The number of rotatable bonds is 5. The van der Waals surface area contributed by atoms with Gasteiger partial charge in [-0.15, -0.1) is 0 Å². The standard InChI is InChI=1S/C16H22INO2/c1-3-20-15(19)12-16(2,18-10-4-5-11-18)13-6-8-14(17)9-7-13/h6-9H,3-5,10-12H2,1-2H3. The number of ether oxygens (including phenoxy) is 1. The first-order chi connectivity index (χ1) is 9.56. The Morgan fingerprint density at radius 1 is 1.30 bits per heavy atom. The Bertz CT molecular complexity index is 454. The van der Waals surface area contributed by atoms with Gasteiger partial charge >= 0.3 is 5.97 Å². The van der Waals surface area contributed by atoms with E-state index in [0.29, 0.717) is 13.0 Å². The van der Waals surface area contributed by atoms with Gasteiger partial charge in [0.05, 0.1) is 18.6 Å². The highest BCUT2D eigenvalue weighted by molar-refractivity contribution is 14.1. The van der Waals surface area contributed by atoms with Crippen LogP contribution in [0.1, 0.15) is 38.7 Å². The van der Waals surface area contributed by atoms with E-state index in [1.807, 2.05) is 6.92 Å². The minimum Gasteiger partial charge on any atom is -0.466 e. The van der Waals surface area contributed by atoms with Crippen LogP contribution in [0, 0.1) is 3.57 Å². The van der Waals surface area contributed by atoms with Gasteiger partial charge in [0.15, 0.2) is 0 Å². The minimum absolute atomic E-state index is 0.111. The van der Waals surface area contributed by atoms with Gasteiger partial charge in [0.2, 0.25) is 0 Å². The Kier molecular flexibility index (Phi) is 5.43. The van der Waals surface area contributed by atoms with Gasteiger partial charge in [-0.1, -0.05) is 12.1 Å². The van der Waals surface area contributed by atoms with Crippen LogP contribution in [-0.4, -0.2) is 30.6 Å². The number of hydrogen-bond donors (Lipinski definition) is 0. The van der Waals surface area contributed by atoms with Gasteiger partial charge in [0, 0.05) is 3.57 Å². The third-order valence-corrected chi connectivity index (χ3v) is 4.78. The second kappa shape index (κ2) is 6.89. The molecule has 1 aliphatic rings. The molecule has 0 N–H and O–H groups in total. The van der Waals surface area contributed by atoms with Crippen molar-refractivity contribution in [1.29, 1.82) is 0 Å². The molecule has 4 heteroatoms. The molecule has 0 amide bonds. The highest BCUT2D eigenvalue weighted by Gasteiger charge is 2.37. The molecule has 2 rings (SSSR count). The lowest BCUT2D eigenvalue weighted by atomic mass is 9.87. The first-order valence-electron chi connectivity index (χ1n) is 7.23. The van der Waals surface area contributed by atoms with E-state index >= 15 is 0 Å². The molecule has 0 bridgehead atoms. The van der Waals surface area contributed by atoms with Gasteiger partial charge in [-0.3, -0.25) is 9.69 Å². The molecule has 0 spiro atoms. The van der Waals surface area contributed by atoms with Crippen molar-refractivity contribution in [3.8, 4) is 0 Å². The second-order valence-corrected chi connectivity index (χ2v) is 6.70. The monoisotopic (exact) mass is 387 g/mol. The summed E-state index contributed by atoms with van der Waals surface area (Å²) in [7, 11) is 0. The highest BCUT2D eigenvalue weighted by Crippen LogP contribution is 2.35. The lowest BCUT2D eigenvalue weighted by Gasteiger charge is -2.38. The van der Waals surface area contributed by atoms with Crippen LogP contribution in [0.15, 0.2) is 24.3 Å². The van der Waals surface area contributed by atoms with Crippen molar-refractivity contribution in [2.75, 3.05) is 19.7 Å². The van der Waals surface area contributed by atoms with Crippen molar-refractivity contribution in [3.63, 3.8) is 0 Å². The van der Waals surface area contributed by atoms with E-state index in [1.54, 1.807) is 0 Å². The van der Waals surface area contributed by atoms with Gasteiger partial charge in [0.25, 0.3) is 0 Å². The summed E-state index contributed by atoms with van der Waals surface area (Å²) in [5.74, 6) is -0.111. The molecule has 20 heavy (non-hydrogen) atoms. The van der Waals surface area contributed by atoms with Crippen LogP contribution in [0.2, 0.25) is 0 Å². The first kappa shape index (κ1) is 15.8. The minimum atomic E-state index is -0.257. The maximum atomic E-state index is 12.0. The Morgan fingerprint density at radius 2 is 1.90 bits per heavy atom. The van der Waals surface area contributed by atoms with Crippen LogP contribution in [0.25, 0.3) is 0 Å². The maximum Gasteiger partial charge on any atom is 0.307 e. The van der Waals surface area contributed by atoms with Gasteiger partial charge in [-0.25, -0.2) is 0 Å². The van der Waals surface area contributed by atoms with Gasteiger partial charge in [0.1, 0.15) is 0 Å². The van der Waals surface area contributed by atoms with Crippen molar-refractivity contribution >= 4 is 28.6 Å². The predicted octanol–water partition coefficient (Wildman–Crippen LogP) is 3.56. The third kappa shape index (κ3) is 3.52. The summed E-state index contributed by atoms with van der Waals surface area (Å²) in [6.45, 7) is 6.58. The number of nitrogens with zero attached hydrogens (tertiary/aromatic N) is 1. The molecule has 1 heterocycles. The lowest BCUT2D eigenvalue weighted by molar-refractivity contribution is -0.146. The quantitative estimate of drug-likeness (QED) is 0.572. The van der Waals surface area contributed by atoms with Crippen LogP contribution in [0.4, 0.5) is 0 Å². The normalized spacial score (nSPS) is 18.8. The summed E-state index contributed by atoms with van der Waals surface area (Å²) in [6.07, 6.45) is 2.84. The van der Waals surface area contributed by atoms with Crippen LogP contribution in [0.3, 0.4) is 0 Å². The van der Waals surface area contributed by atoms with E-state index in [9.17, 15) is 4.79 Å². The molecule has 1 saturated heterocycles.